The van der Waals surface area contributed by atoms with Crippen LogP contribution in [0.1, 0.15) is 18.7 Å². The van der Waals surface area contributed by atoms with Crippen molar-refractivity contribution in [1.29, 1.82) is 0 Å². The summed E-state index contributed by atoms with van der Waals surface area (Å²) < 4.78 is 2.04. The van der Waals surface area contributed by atoms with Gasteiger partial charge < -0.3 is 16.0 Å². The molecule has 5 rings (SSSR count). The zero-order valence-electron chi connectivity index (χ0n) is 17.7. The van der Waals surface area contributed by atoms with Gasteiger partial charge in [-0.3, -0.25) is 4.57 Å². The monoisotopic (exact) mass is 479 g/mol. The number of nitrogens with one attached hydrogen (secondary N) is 1. The van der Waals surface area contributed by atoms with E-state index in [-0.39, 0.29) is 5.95 Å². The summed E-state index contributed by atoms with van der Waals surface area (Å²) in [6.45, 7) is 1.92. The first-order chi connectivity index (χ1) is 16.2. The molecule has 33 heavy (non-hydrogen) atoms. The Morgan fingerprint density at radius 2 is 1.79 bits per heavy atom. The number of aromatic nitrogens is 6. The van der Waals surface area contributed by atoms with Gasteiger partial charge >= 0.3 is 0 Å². The molecule has 2 aromatic heterocycles. The van der Waals surface area contributed by atoms with Gasteiger partial charge in [-0.2, -0.15) is 15.0 Å². The number of hydrogen-bond acceptors (Lipinski definition) is 9. The molecule has 1 aliphatic rings. The van der Waals surface area contributed by atoms with Crippen LogP contribution in [0.4, 0.5) is 23.5 Å². The summed E-state index contributed by atoms with van der Waals surface area (Å²) in [5.41, 5.74) is 7.73. The lowest BCUT2D eigenvalue weighted by Crippen LogP contribution is -2.22. The van der Waals surface area contributed by atoms with Crippen LogP contribution in [-0.2, 0) is 5.75 Å². The van der Waals surface area contributed by atoms with Gasteiger partial charge in [-0.1, -0.05) is 47.6 Å². The van der Waals surface area contributed by atoms with Crippen molar-refractivity contribution >= 4 is 46.9 Å². The van der Waals surface area contributed by atoms with Crippen LogP contribution in [0.5, 0.6) is 0 Å². The van der Waals surface area contributed by atoms with Gasteiger partial charge in [0, 0.05) is 23.8 Å². The lowest BCUT2D eigenvalue weighted by Gasteiger charge is -2.18. The molecule has 0 saturated carbocycles. The standard InChI is InChI=1S/C22H22ClN9S/c23-15-7-6-10-17(13-15)32-21(31-11-4-5-12-31)29-30-22(32)33-14-18-26-19(24)28-20(27-18)25-16-8-2-1-3-9-16/h1-3,6-10,13H,4-5,11-12,14H2,(H3,24,25,26,27,28). The zero-order valence-corrected chi connectivity index (χ0v) is 19.3. The van der Waals surface area contributed by atoms with Crippen LogP contribution in [0.2, 0.25) is 5.02 Å². The minimum Gasteiger partial charge on any atom is -0.368 e. The smallest absolute Gasteiger partial charge is 0.232 e. The highest BCUT2D eigenvalue weighted by atomic mass is 35.5. The van der Waals surface area contributed by atoms with E-state index in [1.54, 1.807) is 0 Å². The van der Waals surface area contributed by atoms with Crippen molar-refractivity contribution in [1.82, 2.24) is 29.7 Å². The summed E-state index contributed by atoms with van der Waals surface area (Å²) in [6, 6.07) is 17.4. The van der Waals surface area contributed by atoms with Gasteiger partial charge in [0.15, 0.2) is 5.16 Å². The van der Waals surface area contributed by atoms with E-state index in [4.69, 9.17) is 17.3 Å². The number of hydrogen-bond donors (Lipinski definition) is 2. The van der Waals surface area contributed by atoms with Crippen LogP contribution in [0.25, 0.3) is 5.69 Å². The summed E-state index contributed by atoms with van der Waals surface area (Å²) in [7, 11) is 0. The summed E-state index contributed by atoms with van der Waals surface area (Å²) in [5, 5.41) is 13.5. The maximum absolute atomic E-state index is 6.28. The van der Waals surface area contributed by atoms with Crippen LogP contribution in [0.15, 0.2) is 59.8 Å². The fourth-order valence-corrected chi connectivity index (χ4v) is 4.64. The molecule has 1 fully saturated rings. The lowest BCUT2D eigenvalue weighted by molar-refractivity contribution is 0.840. The van der Waals surface area contributed by atoms with Gasteiger partial charge in [-0.05, 0) is 43.2 Å². The molecular formula is C22H22ClN9S. The van der Waals surface area contributed by atoms with Gasteiger partial charge in [-0.25, -0.2) is 0 Å². The summed E-state index contributed by atoms with van der Waals surface area (Å²) in [4.78, 5) is 15.3. The number of para-hydroxylation sites is 1. The minimum absolute atomic E-state index is 0.160. The molecule has 0 bridgehead atoms. The molecule has 1 aliphatic heterocycles. The molecule has 0 unspecified atom stereocenters. The topological polar surface area (TPSA) is 111 Å². The maximum Gasteiger partial charge on any atom is 0.232 e. The lowest BCUT2D eigenvalue weighted by atomic mass is 10.3. The number of nitrogens with two attached hydrogens (primary N) is 1. The van der Waals surface area contributed by atoms with Crippen molar-refractivity contribution in [3.05, 3.63) is 65.4 Å². The molecule has 3 N–H and O–H groups in total. The van der Waals surface area contributed by atoms with Crippen molar-refractivity contribution in [3.8, 4) is 5.69 Å². The number of halogens is 1. The fraction of sp³-hybridized carbons (Fsp3) is 0.227. The Morgan fingerprint density at radius 3 is 2.58 bits per heavy atom. The molecule has 11 heteroatoms. The number of thioether (sulfide) groups is 1. The second kappa shape index (κ2) is 9.63. The molecule has 2 aromatic carbocycles. The van der Waals surface area contributed by atoms with Gasteiger partial charge in [0.1, 0.15) is 5.82 Å². The fourth-order valence-electron chi connectivity index (χ4n) is 3.66. The van der Waals surface area contributed by atoms with E-state index in [0.29, 0.717) is 22.5 Å². The van der Waals surface area contributed by atoms with Crippen LogP contribution < -0.4 is 16.0 Å². The summed E-state index contributed by atoms with van der Waals surface area (Å²) >= 11 is 7.77. The Morgan fingerprint density at radius 1 is 0.970 bits per heavy atom. The minimum atomic E-state index is 0.160. The van der Waals surface area contributed by atoms with Crippen molar-refractivity contribution in [2.45, 2.75) is 23.8 Å². The molecule has 0 aliphatic carbocycles. The second-order valence-corrected chi connectivity index (χ2v) is 8.88. The first-order valence-electron chi connectivity index (χ1n) is 10.6. The SMILES string of the molecule is Nc1nc(CSc2nnc(N3CCCC3)n2-c2cccc(Cl)c2)nc(Nc2ccccc2)n1. The van der Waals surface area contributed by atoms with Gasteiger partial charge in [0.25, 0.3) is 0 Å². The first kappa shape index (κ1) is 21.5. The van der Waals surface area contributed by atoms with Crippen molar-refractivity contribution in [2.24, 2.45) is 0 Å². The molecule has 0 radical (unpaired) electrons. The highest BCUT2D eigenvalue weighted by Gasteiger charge is 2.23. The van der Waals surface area contributed by atoms with Crippen LogP contribution in [0, 0.1) is 0 Å². The largest absolute Gasteiger partial charge is 0.368 e. The normalized spacial score (nSPS) is 13.4. The Labute approximate surface area is 200 Å². The van der Waals surface area contributed by atoms with E-state index < -0.39 is 0 Å². The van der Waals surface area contributed by atoms with Crippen LogP contribution in [-0.4, -0.2) is 42.8 Å². The van der Waals surface area contributed by atoms with E-state index in [2.05, 4.69) is 35.4 Å². The quantitative estimate of drug-likeness (QED) is 0.374. The molecule has 3 heterocycles. The highest BCUT2D eigenvalue weighted by molar-refractivity contribution is 7.98. The van der Waals surface area contributed by atoms with Crippen LogP contribution in [0.3, 0.4) is 0 Å². The third-order valence-electron chi connectivity index (χ3n) is 5.13. The highest BCUT2D eigenvalue weighted by Crippen LogP contribution is 2.31. The Balaban J connectivity index is 1.41. The van der Waals surface area contributed by atoms with E-state index in [9.17, 15) is 0 Å². The average Bonchev–Trinajstić information content (AvgIpc) is 3.48. The van der Waals surface area contributed by atoms with Crippen LogP contribution >= 0.6 is 23.4 Å². The molecule has 0 atom stereocenters. The van der Waals surface area contributed by atoms with Crippen molar-refractivity contribution < 1.29 is 0 Å². The van der Waals surface area contributed by atoms with E-state index in [1.165, 1.54) is 11.8 Å². The summed E-state index contributed by atoms with van der Waals surface area (Å²) in [5.74, 6) is 2.38. The van der Waals surface area contributed by atoms with Gasteiger partial charge in [-0.15, -0.1) is 10.2 Å². The molecule has 9 nitrogen and oxygen atoms in total. The Hall–Kier alpha value is -3.37. The molecule has 4 aromatic rings. The molecule has 1 saturated heterocycles. The molecule has 168 valence electrons. The first-order valence-corrected chi connectivity index (χ1v) is 11.9. The molecular weight excluding hydrogens is 458 g/mol. The van der Waals surface area contributed by atoms with Gasteiger partial charge in [0.2, 0.25) is 17.8 Å². The Bertz CT molecular complexity index is 1240. The molecule has 0 spiro atoms. The van der Waals surface area contributed by atoms with E-state index in [1.807, 2.05) is 59.2 Å². The third-order valence-corrected chi connectivity index (χ3v) is 6.29. The number of nitrogen functional groups attached to an aromatic ring is 1. The van der Waals surface area contributed by atoms with Gasteiger partial charge in [0.05, 0.1) is 11.4 Å². The van der Waals surface area contributed by atoms with E-state index in [0.717, 1.165) is 48.4 Å². The predicted octanol–water partition coefficient (Wildman–Crippen LogP) is 4.32. The van der Waals surface area contributed by atoms with Crippen molar-refractivity contribution in [2.75, 3.05) is 29.0 Å². The number of anilines is 4. The molecule has 0 amide bonds. The Kier molecular flexibility index (Phi) is 6.27. The number of nitrogens with zero attached hydrogens (tertiary/aromatic N) is 7. The second-order valence-electron chi connectivity index (χ2n) is 7.51. The number of rotatable bonds is 7. The number of benzene rings is 2. The maximum atomic E-state index is 6.28. The van der Waals surface area contributed by atoms with Crippen molar-refractivity contribution in [3.63, 3.8) is 0 Å². The predicted molar refractivity (Wildman–Crippen MR) is 131 cm³/mol. The average molecular weight is 480 g/mol. The zero-order chi connectivity index (χ0) is 22.6. The third kappa shape index (κ3) is 5.01. The summed E-state index contributed by atoms with van der Waals surface area (Å²) in [6.07, 6.45) is 2.29. The van der Waals surface area contributed by atoms with E-state index >= 15 is 0 Å².